The third kappa shape index (κ3) is 2.80. The van der Waals surface area contributed by atoms with Crippen molar-refractivity contribution in [1.82, 2.24) is 4.90 Å². The van der Waals surface area contributed by atoms with Gasteiger partial charge in [-0.05, 0) is 25.0 Å². The van der Waals surface area contributed by atoms with Crippen molar-refractivity contribution in [1.29, 1.82) is 0 Å². The Morgan fingerprint density at radius 3 is 2.72 bits per heavy atom. The molecular weight excluding hydrogens is 234 g/mol. The lowest BCUT2D eigenvalue weighted by Crippen LogP contribution is -2.42. The van der Waals surface area contributed by atoms with Gasteiger partial charge in [-0.3, -0.25) is 4.79 Å². The molecule has 0 spiro atoms. The molecule has 5 nitrogen and oxygen atoms in total. The molecule has 96 valence electrons. The molecule has 1 amide bonds. The Kier molecular flexibility index (Phi) is 3.82. The van der Waals surface area contributed by atoms with Crippen LogP contribution in [0.25, 0.3) is 0 Å². The highest BCUT2D eigenvalue weighted by atomic mass is 16.5. The summed E-state index contributed by atoms with van der Waals surface area (Å²) in [5.41, 5.74) is 0. The van der Waals surface area contributed by atoms with E-state index in [4.69, 9.17) is 9.84 Å². The van der Waals surface area contributed by atoms with Crippen LogP contribution in [0.5, 0.6) is 5.75 Å². The Bertz CT molecular complexity index is 432. The first-order valence-corrected chi connectivity index (χ1v) is 5.88. The second-order valence-electron chi connectivity index (χ2n) is 4.19. The van der Waals surface area contributed by atoms with E-state index in [1.165, 1.54) is 4.90 Å². The highest BCUT2D eigenvalue weighted by Gasteiger charge is 2.33. The lowest BCUT2D eigenvalue weighted by atomic mass is 10.2. The standard InChI is InChI=1S/C13H15NO4/c15-12(9-18-10-5-2-1-3-6-10)14-8-4-7-11(14)13(16)17/h1-3,5-6,11H,4,7-9H2,(H,16,17). The van der Waals surface area contributed by atoms with Gasteiger partial charge in [-0.1, -0.05) is 18.2 Å². The number of likely N-dealkylation sites (tertiary alicyclic amines) is 1. The predicted molar refractivity (Wildman–Crippen MR) is 64.3 cm³/mol. The molecule has 1 aromatic carbocycles. The van der Waals surface area contributed by atoms with Gasteiger partial charge in [-0.2, -0.15) is 0 Å². The fourth-order valence-electron chi connectivity index (χ4n) is 2.07. The lowest BCUT2D eigenvalue weighted by Gasteiger charge is -2.21. The van der Waals surface area contributed by atoms with Gasteiger partial charge in [0.25, 0.3) is 5.91 Å². The van der Waals surface area contributed by atoms with Gasteiger partial charge >= 0.3 is 5.97 Å². The summed E-state index contributed by atoms with van der Waals surface area (Å²) in [5.74, 6) is -0.610. The van der Waals surface area contributed by atoms with Crippen LogP contribution in [0.4, 0.5) is 0 Å². The Balaban J connectivity index is 1.90. The van der Waals surface area contributed by atoms with Gasteiger partial charge in [0, 0.05) is 6.54 Å². The number of carboxylic acids is 1. The van der Waals surface area contributed by atoms with E-state index in [1.807, 2.05) is 18.2 Å². The van der Waals surface area contributed by atoms with Gasteiger partial charge in [-0.25, -0.2) is 4.79 Å². The maximum absolute atomic E-state index is 11.9. The quantitative estimate of drug-likeness (QED) is 0.869. The molecule has 0 aliphatic carbocycles. The Labute approximate surface area is 105 Å². The van der Waals surface area contributed by atoms with Gasteiger partial charge in [0.05, 0.1) is 0 Å². The van der Waals surface area contributed by atoms with E-state index in [9.17, 15) is 9.59 Å². The molecule has 1 aliphatic rings. The van der Waals surface area contributed by atoms with Crippen LogP contribution in [0.1, 0.15) is 12.8 Å². The smallest absolute Gasteiger partial charge is 0.326 e. The van der Waals surface area contributed by atoms with E-state index in [2.05, 4.69) is 0 Å². The zero-order valence-electron chi connectivity index (χ0n) is 9.91. The maximum atomic E-state index is 11.9. The first kappa shape index (κ1) is 12.4. The van der Waals surface area contributed by atoms with Crippen LogP contribution in [-0.2, 0) is 9.59 Å². The Morgan fingerprint density at radius 2 is 2.06 bits per heavy atom. The largest absolute Gasteiger partial charge is 0.484 e. The monoisotopic (exact) mass is 249 g/mol. The number of rotatable bonds is 4. The Hall–Kier alpha value is -2.04. The minimum atomic E-state index is -0.944. The number of hydrogen-bond donors (Lipinski definition) is 1. The lowest BCUT2D eigenvalue weighted by molar-refractivity contribution is -0.148. The highest BCUT2D eigenvalue weighted by molar-refractivity contribution is 5.85. The summed E-state index contributed by atoms with van der Waals surface area (Å²) in [5, 5.41) is 8.98. The number of carbonyl (C=O) groups excluding carboxylic acids is 1. The number of aliphatic carboxylic acids is 1. The summed E-state index contributed by atoms with van der Waals surface area (Å²) in [6, 6.07) is 8.30. The van der Waals surface area contributed by atoms with Gasteiger partial charge in [0.15, 0.2) is 6.61 Å². The van der Waals surface area contributed by atoms with Crippen LogP contribution >= 0.6 is 0 Å². The third-order valence-electron chi connectivity index (χ3n) is 2.96. The summed E-state index contributed by atoms with van der Waals surface area (Å²) < 4.78 is 5.32. The molecule has 1 aromatic rings. The van der Waals surface area contributed by atoms with Crippen molar-refractivity contribution in [2.45, 2.75) is 18.9 Å². The summed E-state index contributed by atoms with van der Waals surface area (Å²) in [4.78, 5) is 24.2. The molecule has 1 N–H and O–H groups in total. The molecule has 0 radical (unpaired) electrons. The molecule has 1 atom stereocenters. The number of benzene rings is 1. The maximum Gasteiger partial charge on any atom is 0.326 e. The normalized spacial score (nSPS) is 18.7. The van der Waals surface area contributed by atoms with E-state index in [-0.39, 0.29) is 12.5 Å². The molecule has 1 heterocycles. The van der Waals surface area contributed by atoms with Crippen molar-refractivity contribution in [2.75, 3.05) is 13.2 Å². The second kappa shape index (κ2) is 5.53. The van der Waals surface area contributed by atoms with Crippen LogP contribution in [0, 0.1) is 0 Å². The molecule has 2 rings (SSSR count). The highest BCUT2D eigenvalue weighted by Crippen LogP contribution is 2.18. The van der Waals surface area contributed by atoms with Gasteiger partial charge < -0.3 is 14.7 Å². The first-order valence-electron chi connectivity index (χ1n) is 5.88. The number of ether oxygens (including phenoxy) is 1. The predicted octanol–water partition coefficient (Wildman–Crippen LogP) is 1.14. The van der Waals surface area contributed by atoms with Gasteiger partial charge in [0.2, 0.25) is 0 Å². The molecule has 0 bridgehead atoms. The van der Waals surface area contributed by atoms with E-state index in [0.717, 1.165) is 6.42 Å². The fourth-order valence-corrected chi connectivity index (χ4v) is 2.07. The van der Waals surface area contributed by atoms with E-state index >= 15 is 0 Å². The van der Waals surface area contributed by atoms with Crippen molar-refractivity contribution in [3.05, 3.63) is 30.3 Å². The molecule has 1 aliphatic heterocycles. The minimum Gasteiger partial charge on any atom is -0.484 e. The SMILES string of the molecule is O=C(O)C1CCCN1C(=O)COc1ccccc1. The topological polar surface area (TPSA) is 66.8 Å². The molecular formula is C13H15NO4. The van der Waals surface area contributed by atoms with Crippen LogP contribution in [-0.4, -0.2) is 41.1 Å². The molecule has 0 saturated carbocycles. The van der Waals surface area contributed by atoms with Crippen LogP contribution in [0.2, 0.25) is 0 Å². The first-order chi connectivity index (χ1) is 8.68. The van der Waals surface area contributed by atoms with Crippen molar-refractivity contribution in [2.24, 2.45) is 0 Å². The van der Waals surface area contributed by atoms with Crippen LogP contribution < -0.4 is 4.74 Å². The minimum absolute atomic E-state index is 0.117. The molecule has 18 heavy (non-hydrogen) atoms. The molecule has 1 unspecified atom stereocenters. The van der Waals surface area contributed by atoms with Gasteiger partial charge in [-0.15, -0.1) is 0 Å². The van der Waals surface area contributed by atoms with Crippen molar-refractivity contribution >= 4 is 11.9 Å². The number of hydrogen-bond acceptors (Lipinski definition) is 3. The van der Waals surface area contributed by atoms with E-state index in [0.29, 0.717) is 18.7 Å². The van der Waals surface area contributed by atoms with Crippen LogP contribution in [0.15, 0.2) is 30.3 Å². The summed E-state index contributed by atoms with van der Waals surface area (Å²) >= 11 is 0. The molecule has 0 aromatic heterocycles. The summed E-state index contributed by atoms with van der Waals surface area (Å²) in [6.07, 6.45) is 1.25. The van der Waals surface area contributed by atoms with Crippen LogP contribution in [0.3, 0.4) is 0 Å². The number of carbonyl (C=O) groups is 2. The fraction of sp³-hybridized carbons (Fsp3) is 0.385. The van der Waals surface area contributed by atoms with Crippen molar-refractivity contribution in [3.63, 3.8) is 0 Å². The number of amides is 1. The van der Waals surface area contributed by atoms with E-state index < -0.39 is 12.0 Å². The zero-order valence-corrected chi connectivity index (χ0v) is 9.91. The second-order valence-corrected chi connectivity index (χ2v) is 4.19. The Morgan fingerprint density at radius 1 is 1.33 bits per heavy atom. The van der Waals surface area contributed by atoms with Crippen molar-refractivity contribution < 1.29 is 19.4 Å². The number of carboxylic acid groups (broad SMARTS) is 1. The molecule has 1 saturated heterocycles. The molecule has 5 heteroatoms. The number of para-hydroxylation sites is 1. The summed E-state index contributed by atoms with van der Waals surface area (Å²) in [6.45, 7) is 0.377. The number of nitrogens with zero attached hydrogens (tertiary/aromatic N) is 1. The summed E-state index contributed by atoms with van der Waals surface area (Å²) in [7, 11) is 0. The van der Waals surface area contributed by atoms with Gasteiger partial charge in [0.1, 0.15) is 11.8 Å². The van der Waals surface area contributed by atoms with E-state index in [1.54, 1.807) is 12.1 Å². The third-order valence-corrected chi connectivity index (χ3v) is 2.96. The average molecular weight is 249 g/mol. The zero-order chi connectivity index (χ0) is 13.0. The average Bonchev–Trinajstić information content (AvgIpc) is 2.86. The molecule has 1 fully saturated rings. The van der Waals surface area contributed by atoms with Crippen molar-refractivity contribution in [3.8, 4) is 5.75 Å².